The van der Waals surface area contributed by atoms with E-state index in [0.29, 0.717) is 17.6 Å². The van der Waals surface area contributed by atoms with E-state index in [0.717, 1.165) is 44.6 Å². The Hall–Kier alpha value is -0.370. The minimum atomic E-state index is 0.265. The third-order valence-electron chi connectivity index (χ3n) is 4.95. The Bertz CT molecular complexity index is 271. The highest BCUT2D eigenvalue weighted by Crippen LogP contribution is 2.34. The van der Waals surface area contributed by atoms with Crippen molar-refractivity contribution in [2.24, 2.45) is 28.9 Å². The topological polar surface area (TPSA) is 43.1 Å². The Labute approximate surface area is 119 Å². The summed E-state index contributed by atoms with van der Waals surface area (Å²) >= 11 is 0. The smallest absolute Gasteiger partial charge is 0.135 e. The standard InChI is InChI=1S/C17H33NO/c1-13-5-7-14(8-6-13)16(19)10-9-15(11-12-18)17(2,3)4/h13-15H,5-12,18H2,1-4H3. The predicted molar refractivity (Wildman–Crippen MR) is 82.0 cm³/mol. The molecule has 2 N–H and O–H groups in total. The number of ketones is 1. The van der Waals surface area contributed by atoms with E-state index in [1.165, 1.54) is 12.8 Å². The van der Waals surface area contributed by atoms with Crippen LogP contribution < -0.4 is 5.73 Å². The highest BCUT2D eigenvalue weighted by atomic mass is 16.1. The van der Waals surface area contributed by atoms with E-state index in [2.05, 4.69) is 27.7 Å². The minimum Gasteiger partial charge on any atom is -0.330 e. The van der Waals surface area contributed by atoms with Crippen LogP contribution >= 0.6 is 0 Å². The van der Waals surface area contributed by atoms with Crippen molar-refractivity contribution in [1.29, 1.82) is 0 Å². The Morgan fingerprint density at radius 2 is 1.74 bits per heavy atom. The molecule has 1 rings (SSSR count). The van der Waals surface area contributed by atoms with Crippen molar-refractivity contribution in [3.05, 3.63) is 0 Å². The summed E-state index contributed by atoms with van der Waals surface area (Å²) in [6, 6.07) is 0. The maximum Gasteiger partial charge on any atom is 0.135 e. The zero-order chi connectivity index (χ0) is 14.5. The van der Waals surface area contributed by atoms with E-state index in [1.807, 2.05) is 0 Å². The molecule has 1 unspecified atom stereocenters. The number of nitrogens with two attached hydrogens (primary N) is 1. The summed E-state index contributed by atoms with van der Waals surface area (Å²) in [7, 11) is 0. The molecule has 0 aliphatic heterocycles. The Morgan fingerprint density at radius 3 is 2.21 bits per heavy atom. The van der Waals surface area contributed by atoms with Gasteiger partial charge in [-0.1, -0.05) is 40.5 Å². The van der Waals surface area contributed by atoms with Gasteiger partial charge >= 0.3 is 0 Å². The second-order valence-electron chi connectivity index (χ2n) is 7.60. The van der Waals surface area contributed by atoms with Crippen LogP contribution in [0.4, 0.5) is 0 Å². The molecule has 1 atom stereocenters. The van der Waals surface area contributed by atoms with Crippen LogP contribution in [0.3, 0.4) is 0 Å². The van der Waals surface area contributed by atoms with Gasteiger partial charge in [0.05, 0.1) is 0 Å². The molecule has 1 saturated carbocycles. The molecule has 0 saturated heterocycles. The molecule has 2 heteroatoms. The molecule has 19 heavy (non-hydrogen) atoms. The van der Waals surface area contributed by atoms with Gasteiger partial charge in [0.1, 0.15) is 5.78 Å². The van der Waals surface area contributed by atoms with Crippen molar-refractivity contribution in [2.75, 3.05) is 6.54 Å². The molecule has 2 nitrogen and oxygen atoms in total. The third-order valence-corrected chi connectivity index (χ3v) is 4.95. The highest BCUT2D eigenvalue weighted by molar-refractivity contribution is 5.81. The lowest BCUT2D eigenvalue weighted by Crippen LogP contribution is -2.26. The number of hydrogen-bond donors (Lipinski definition) is 1. The van der Waals surface area contributed by atoms with Crippen LogP contribution in [-0.2, 0) is 4.79 Å². The molecule has 1 aliphatic carbocycles. The van der Waals surface area contributed by atoms with Gasteiger partial charge in [-0.25, -0.2) is 0 Å². The van der Waals surface area contributed by atoms with Crippen molar-refractivity contribution < 1.29 is 4.79 Å². The van der Waals surface area contributed by atoms with E-state index in [1.54, 1.807) is 0 Å². The van der Waals surface area contributed by atoms with Gasteiger partial charge in [-0.3, -0.25) is 4.79 Å². The lowest BCUT2D eigenvalue weighted by atomic mass is 9.74. The number of Topliss-reactive ketones (excluding diaryl/α,β-unsaturated/α-hetero) is 1. The Kier molecular flexibility index (Phi) is 6.52. The first kappa shape index (κ1) is 16.7. The fourth-order valence-corrected chi connectivity index (χ4v) is 3.31. The van der Waals surface area contributed by atoms with Gasteiger partial charge < -0.3 is 5.73 Å². The maximum atomic E-state index is 12.3. The first-order valence-corrected chi connectivity index (χ1v) is 8.07. The fourth-order valence-electron chi connectivity index (χ4n) is 3.31. The van der Waals surface area contributed by atoms with Crippen molar-refractivity contribution in [2.45, 2.75) is 72.6 Å². The fraction of sp³-hybridized carbons (Fsp3) is 0.941. The minimum absolute atomic E-state index is 0.265. The summed E-state index contributed by atoms with van der Waals surface area (Å²) in [5.74, 6) is 2.26. The molecule has 0 heterocycles. The first-order valence-electron chi connectivity index (χ1n) is 8.07. The van der Waals surface area contributed by atoms with Gasteiger partial charge in [-0.2, -0.15) is 0 Å². The molecule has 1 aliphatic rings. The van der Waals surface area contributed by atoms with Gasteiger partial charge in [-0.05, 0) is 49.5 Å². The quantitative estimate of drug-likeness (QED) is 0.784. The van der Waals surface area contributed by atoms with E-state index >= 15 is 0 Å². The highest BCUT2D eigenvalue weighted by Gasteiger charge is 2.27. The van der Waals surface area contributed by atoms with E-state index in [4.69, 9.17) is 5.73 Å². The first-order chi connectivity index (χ1) is 8.84. The Balaban J connectivity index is 2.39. The second kappa shape index (κ2) is 7.42. The summed E-state index contributed by atoms with van der Waals surface area (Å²) in [6.45, 7) is 9.83. The van der Waals surface area contributed by atoms with Gasteiger partial charge in [0.15, 0.2) is 0 Å². The lowest BCUT2D eigenvalue weighted by Gasteiger charge is -2.31. The van der Waals surface area contributed by atoms with Crippen LogP contribution in [0.2, 0.25) is 0 Å². The zero-order valence-electron chi connectivity index (χ0n) is 13.4. The van der Waals surface area contributed by atoms with E-state index in [-0.39, 0.29) is 5.41 Å². The van der Waals surface area contributed by atoms with Crippen molar-refractivity contribution in [1.82, 2.24) is 0 Å². The van der Waals surface area contributed by atoms with Crippen LogP contribution in [0.5, 0.6) is 0 Å². The molecule has 1 fully saturated rings. The van der Waals surface area contributed by atoms with E-state index < -0.39 is 0 Å². The molecule has 112 valence electrons. The van der Waals surface area contributed by atoms with Gasteiger partial charge in [-0.15, -0.1) is 0 Å². The lowest BCUT2D eigenvalue weighted by molar-refractivity contribution is -0.124. The van der Waals surface area contributed by atoms with Gasteiger partial charge in [0, 0.05) is 12.3 Å². The monoisotopic (exact) mass is 267 g/mol. The zero-order valence-corrected chi connectivity index (χ0v) is 13.4. The van der Waals surface area contributed by atoms with Crippen molar-refractivity contribution in [3.8, 4) is 0 Å². The van der Waals surface area contributed by atoms with Crippen LogP contribution in [0.25, 0.3) is 0 Å². The van der Waals surface area contributed by atoms with Crippen molar-refractivity contribution in [3.63, 3.8) is 0 Å². The molecular weight excluding hydrogens is 234 g/mol. The van der Waals surface area contributed by atoms with Gasteiger partial charge in [0.2, 0.25) is 0 Å². The molecule has 0 aromatic heterocycles. The summed E-state index contributed by atoms with van der Waals surface area (Å²) in [6.07, 6.45) is 7.54. The maximum absolute atomic E-state index is 12.3. The summed E-state index contributed by atoms with van der Waals surface area (Å²) in [5.41, 5.74) is 5.97. The molecule has 0 aromatic rings. The average Bonchev–Trinajstić information content (AvgIpc) is 2.33. The van der Waals surface area contributed by atoms with Gasteiger partial charge in [0.25, 0.3) is 0 Å². The molecule has 0 spiro atoms. The molecule has 0 bridgehead atoms. The number of carbonyl (C=O) groups is 1. The molecule has 0 aromatic carbocycles. The summed E-state index contributed by atoms with van der Waals surface area (Å²) in [4.78, 5) is 12.3. The second-order valence-corrected chi connectivity index (χ2v) is 7.60. The van der Waals surface area contributed by atoms with Crippen LogP contribution in [-0.4, -0.2) is 12.3 Å². The molecule has 0 amide bonds. The third kappa shape index (κ3) is 5.64. The van der Waals surface area contributed by atoms with Crippen LogP contribution in [0.15, 0.2) is 0 Å². The number of hydrogen-bond acceptors (Lipinski definition) is 2. The molecule has 0 radical (unpaired) electrons. The van der Waals surface area contributed by atoms with E-state index in [9.17, 15) is 4.79 Å². The number of carbonyl (C=O) groups excluding carboxylic acids is 1. The summed E-state index contributed by atoms with van der Waals surface area (Å²) < 4.78 is 0. The van der Waals surface area contributed by atoms with Crippen molar-refractivity contribution >= 4 is 5.78 Å². The SMILES string of the molecule is CC1CCC(C(=O)CCC(CCN)C(C)(C)C)CC1. The van der Waals surface area contributed by atoms with Crippen LogP contribution in [0, 0.1) is 23.2 Å². The average molecular weight is 267 g/mol. The number of rotatable bonds is 6. The normalized spacial score (nSPS) is 26.2. The largest absolute Gasteiger partial charge is 0.330 e. The predicted octanol–water partition coefficient (Wildman–Crippen LogP) is 4.17. The Morgan fingerprint density at radius 1 is 1.16 bits per heavy atom. The summed E-state index contributed by atoms with van der Waals surface area (Å²) in [5, 5.41) is 0. The molecular formula is C17H33NO. The van der Waals surface area contributed by atoms with Crippen LogP contribution in [0.1, 0.15) is 72.6 Å².